The second kappa shape index (κ2) is 9.06. The van der Waals surface area contributed by atoms with Gasteiger partial charge < -0.3 is 7.96 Å². The van der Waals surface area contributed by atoms with Crippen LogP contribution in [0.2, 0.25) is 0 Å². The van der Waals surface area contributed by atoms with Crippen LogP contribution < -0.4 is 0 Å². The predicted octanol–water partition coefficient (Wildman–Crippen LogP) is 0.233. The topological polar surface area (TPSA) is 20.2 Å². The number of aliphatic hydroxyl groups excluding tert-OH is 1. The summed E-state index contributed by atoms with van der Waals surface area (Å²) < 4.78 is 0. The quantitative estimate of drug-likeness (QED) is 0.530. The van der Waals surface area contributed by atoms with E-state index in [2.05, 4.69) is 0 Å². The standard InChI is InChI=1S/C3H8O.Sr.2H/c1-2-3-4;;;/h4H,2-3H2,1H3;;;/q;+2;2*-1. The van der Waals surface area contributed by atoms with E-state index in [1.54, 1.807) is 0 Å². The molecule has 1 N–H and O–H groups in total. The summed E-state index contributed by atoms with van der Waals surface area (Å²) in [5.41, 5.74) is 0. The van der Waals surface area contributed by atoms with Crippen LogP contribution in [-0.4, -0.2) is 57.2 Å². The van der Waals surface area contributed by atoms with Gasteiger partial charge in [-0.05, 0) is 6.42 Å². The van der Waals surface area contributed by atoms with Gasteiger partial charge in [-0.15, -0.1) is 0 Å². The van der Waals surface area contributed by atoms with Crippen LogP contribution >= 0.6 is 0 Å². The first kappa shape index (κ1) is 9.67. The zero-order valence-corrected chi connectivity index (χ0v) is 7.04. The zero-order chi connectivity index (χ0) is 3.41. The Morgan fingerprint density at radius 1 is 1.80 bits per heavy atom. The first-order chi connectivity index (χ1) is 1.91. The molecule has 0 saturated heterocycles. The molecule has 2 heteroatoms. The molecule has 0 unspecified atom stereocenters. The molecule has 0 aliphatic heterocycles. The molecule has 1 nitrogen and oxygen atoms in total. The number of aliphatic hydroxyl groups is 1. The van der Waals surface area contributed by atoms with Crippen molar-refractivity contribution in [3.8, 4) is 0 Å². The fourth-order valence-corrected chi connectivity index (χ4v) is 0. The SMILES string of the molecule is CCCO.[H-].[H-].[Sr+2]. The number of hydrogen-bond donors (Lipinski definition) is 1. The second-order valence-corrected chi connectivity index (χ2v) is 0.724. The van der Waals surface area contributed by atoms with Gasteiger partial charge in [0, 0.05) is 6.61 Å². The molecule has 0 fully saturated rings. The molecule has 0 amide bonds. The van der Waals surface area contributed by atoms with E-state index < -0.39 is 0 Å². The number of hydrogen-bond acceptors (Lipinski definition) is 1. The Morgan fingerprint density at radius 2 is 2.00 bits per heavy atom. The van der Waals surface area contributed by atoms with Crippen LogP contribution in [0.1, 0.15) is 16.2 Å². The van der Waals surface area contributed by atoms with Crippen molar-refractivity contribution in [1.29, 1.82) is 0 Å². The van der Waals surface area contributed by atoms with E-state index in [1.807, 2.05) is 6.92 Å². The average molecular weight is 150 g/mol. The van der Waals surface area contributed by atoms with Crippen molar-refractivity contribution in [2.75, 3.05) is 6.61 Å². The third-order valence-electron chi connectivity index (χ3n) is 0.224. The molecule has 0 saturated carbocycles. The van der Waals surface area contributed by atoms with Crippen molar-refractivity contribution in [3.05, 3.63) is 0 Å². The number of rotatable bonds is 1. The molecule has 5 heavy (non-hydrogen) atoms. The van der Waals surface area contributed by atoms with Gasteiger partial charge in [0.05, 0.1) is 0 Å². The van der Waals surface area contributed by atoms with Crippen LogP contribution in [0.3, 0.4) is 0 Å². The van der Waals surface area contributed by atoms with Gasteiger partial charge in [-0.3, -0.25) is 0 Å². The fraction of sp³-hybridized carbons (Fsp3) is 1.00. The van der Waals surface area contributed by atoms with Crippen molar-refractivity contribution in [2.24, 2.45) is 0 Å². The average Bonchev–Trinajstić information content (AvgIpc) is 1.37. The third kappa shape index (κ3) is 10.8. The summed E-state index contributed by atoms with van der Waals surface area (Å²) in [6, 6.07) is 0. The largest absolute Gasteiger partial charge is 2.00 e. The van der Waals surface area contributed by atoms with E-state index in [4.69, 9.17) is 5.11 Å². The molecular formula is C3H10OSr. The van der Waals surface area contributed by atoms with Gasteiger partial charge in [-0.2, -0.15) is 0 Å². The minimum atomic E-state index is 0. The monoisotopic (exact) mass is 150 g/mol. The Balaban J connectivity index is -0.0000000150. The minimum absolute atomic E-state index is 0. The van der Waals surface area contributed by atoms with Crippen molar-refractivity contribution in [2.45, 2.75) is 13.3 Å². The molecule has 0 aromatic heterocycles. The summed E-state index contributed by atoms with van der Waals surface area (Å²) in [4.78, 5) is 0. The normalized spacial score (nSPS) is 6.00. The van der Waals surface area contributed by atoms with Crippen molar-refractivity contribution >= 4 is 45.5 Å². The molecule has 0 rings (SSSR count). The predicted molar refractivity (Wildman–Crippen MR) is 25.4 cm³/mol. The van der Waals surface area contributed by atoms with Gasteiger partial charge in [-0.25, -0.2) is 0 Å². The molecule has 0 aromatic carbocycles. The Bertz CT molecular complexity index is 14.9. The fourth-order valence-electron chi connectivity index (χ4n) is 0. The van der Waals surface area contributed by atoms with E-state index in [-0.39, 0.29) is 48.3 Å². The van der Waals surface area contributed by atoms with E-state index in [0.29, 0.717) is 6.61 Å². The maximum Gasteiger partial charge on any atom is 2.00 e. The maximum atomic E-state index is 7.88. The summed E-state index contributed by atoms with van der Waals surface area (Å²) in [5.74, 6) is 0. The van der Waals surface area contributed by atoms with Crippen LogP contribution in [0.5, 0.6) is 0 Å². The zero-order valence-electron chi connectivity index (χ0n) is 5.57. The molecule has 30 valence electrons. The van der Waals surface area contributed by atoms with Crippen LogP contribution in [0.4, 0.5) is 0 Å². The molecule has 0 atom stereocenters. The third-order valence-corrected chi connectivity index (χ3v) is 0.224. The molecule has 0 spiro atoms. The maximum absolute atomic E-state index is 7.88. The Labute approximate surface area is 72.6 Å². The molecule has 0 radical (unpaired) electrons. The molecule has 0 aliphatic carbocycles. The second-order valence-electron chi connectivity index (χ2n) is 0.724. The van der Waals surface area contributed by atoms with Crippen LogP contribution in [0.15, 0.2) is 0 Å². The van der Waals surface area contributed by atoms with E-state index in [0.717, 1.165) is 6.42 Å². The van der Waals surface area contributed by atoms with Gasteiger partial charge in [0.25, 0.3) is 0 Å². The van der Waals surface area contributed by atoms with E-state index >= 15 is 0 Å². The van der Waals surface area contributed by atoms with Gasteiger partial charge in [0.15, 0.2) is 0 Å². The van der Waals surface area contributed by atoms with Gasteiger partial charge in [0.2, 0.25) is 0 Å². The van der Waals surface area contributed by atoms with Gasteiger partial charge >= 0.3 is 45.5 Å². The Morgan fingerprint density at radius 3 is 2.00 bits per heavy atom. The van der Waals surface area contributed by atoms with E-state index in [1.165, 1.54) is 0 Å². The summed E-state index contributed by atoms with van der Waals surface area (Å²) in [7, 11) is 0. The summed E-state index contributed by atoms with van der Waals surface area (Å²) >= 11 is 0. The first-order valence-corrected chi connectivity index (χ1v) is 1.52. The van der Waals surface area contributed by atoms with Gasteiger partial charge in [-0.1, -0.05) is 6.92 Å². The van der Waals surface area contributed by atoms with Crippen molar-refractivity contribution in [3.63, 3.8) is 0 Å². The van der Waals surface area contributed by atoms with Crippen molar-refractivity contribution in [1.82, 2.24) is 0 Å². The summed E-state index contributed by atoms with van der Waals surface area (Å²) in [6.45, 7) is 2.25. The van der Waals surface area contributed by atoms with Crippen LogP contribution in [0.25, 0.3) is 0 Å². The van der Waals surface area contributed by atoms with Crippen molar-refractivity contribution < 1.29 is 7.96 Å². The Hall–Kier alpha value is 1.44. The van der Waals surface area contributed by atoms with Gasteiger partial charge in [0.1, 0.15) is 0 Å². The molecule has 0 bridgehead atoms. The van der Waals surface area contributed by atoms with Crippen LogP contribution in [-0.2, 0) is 0 Å². The molecule has 0 heterocycles. The van der Waals surface area contributed by atoms with Crippen LogP contribution in [0, 0.1) is 0 Å². The molecule has 0 aliphatic rings. The first-order valence-electron chi connectivity index (χ1n) is 1.52. The molecular weight excluding hydrogens is 140 g/mol. The van der Waals surface area contributed by atoms with E-state index in [9.17, 15) is 0 Å². The smallest absolute Gasteiger partial charge is 1.00 e. The summed E-state index contributed by atoms with van der Waals surface area (Å²) in [6.07, 6.45) is 0.875. The summed E-state index contributed by atoms with van der Waals surface area (Å²) in [5, 5.41) is 7.88. The Kier molecular flexibility index (Phi) is 17.5. The minimum Gasteiger partial charge on any atom is -1.00 e. The molecule has 0 aromatic rings.